The van der Waals surface area contributed by atoms with Crippen molar-refractivity contribution in [2.24, 2.45) is 0 Å². The first kappa shape index (κ1) is 10.0. The molecule has 1 aliphatic heterocycles. The van der Waals surface area contributed by atoms with Crippen molar-refractivity contribution in [1.82, 2.24) is 14.9 Å². The molecule has 1 aromatic rings. The number of nitrogens with zero attached hydrogens (tertiary/aromatic N) is 3. The Labute approximate surface area is 87.8 Å². The van der Waals surface area contributed by atoms with Crippen molar-refractivity contribution in [3.8, 4) is 0 Å². The second-order valence-corrected chi connectivity index (χ2v) is 3.97. The van der Waals surface area contributed by atoms with Gasteiger partial charge >= 0.3 is 5.97 Å². The van der Waals surface area contributed by atoms with Crippen LogP contribution in [0.5, 0.6) is 0 Å². The van der Waals surface area contributed by atoms with Crippen LogP contribution in [-0.4, -0.2) is 32.0 Å². The quantitative estimate of drug-likeness (QED) is 0.780. The summed E-state index contributed by atoms with van der Waals surface area (Å²) in [6, 6.07) is 0.437. The van der Waals surface area contributed by atoms with Crippen molar-refractivity contribution < 1.29 is 9.90 Å². The maximum Gasteiger partial charge on any atom is 0.373 e. The molecule has 0 fully saturated rings. The van der Waals surface area contributed by atoms with Gasteiger partial charge in [-0.2, -0.15) is 0 Å². The molecule has 1 aromatic heterocycles. The number of aromatic nitrogens is 2. The lowest BCUT2D eigenvalue weighted by atomic mass is 10.3. The lowest BCUT2D eigenvalue weighted by molar-refractivity contribution is 0.0683. The van der Waals surface area contributed by atoms with Crippen LogP contribution in [-0.2, 0) is 13.1 Å². The first-order valence-electron chi connectivity index (χ1n) is 4.90. The van der Waals surface area contributed by atoms with Crippen LogP contribution in [0.15, 0.2) is 6.20 Å². The van der Waals surface area contributed by atoms with E-state index in [2.05, 4.69) is 28.7 Å². The number of hydrogen-bond acceptors (Lipinski definition) is 4. The van der Waals surface area contributed by atoms with Gasteiger partial charge in [0, 0.05) is 30.9 Å². The van der Waals surface area contributed by atoms with Crippen molar-refractivity contribution in [2.45, 2.75) is 33.0 Å². The molecule has 5 heteroatoms. The largest absolute Gasteiger partial charge is 0.475 e. The predicted molar refractivity (Wildman–Crippen MR) is 53.4 cm³/mol. The molecule has 0 saturated heterocycles. The Balaban J connectivity index is 2.27. The zero-order chi connectivity index (χ0) is 11.0. The molecule has 0 spiro atoms. The summed E-state index contributed by atoms with van der Waals surface area (Å²) in [7, 11) is 0. The Morgan fingerprint density at radius 3 is 2.87 bits per heavy atom. The van der Waals surface area contributed by atoms with E-state index in [1.807, 2.05) is 0 Å². The molecule has 15 heavy (non-hydrogen) atoms. The summed E-state index contributed by atoms with van der Waals surface area (Å²) in [4.78, 5) is 20.7. The minimum absolute atomic E-state index is 0.112. The summed E-state index contributed by atoms with van der Waals surface area (Å²) in [5.74, 6) is -1.18. The molecule has 5 nitrogen and oxygen atoms in total. The zero-order valence-corrected chi connectivity index (χ0v) is 8.77. The molecule has 0 saturated carbocycles. The third-order valence-electron chi connectivity index (χ3n) is 2.60. The Hall–Kier alpha value is -1.49. The van der Waals surface area contributed by atoms with Gasteiger partial charge in [-0.1, -0.05) is 0 Å². The highest BCUT2D eigenvalue weighted by molar-refractivity contribution is 5.83. The van der Waals surface area contributed by atoms with Gasteiger partial charge < -0.3 is 5.11 Å². The molecule has 2 rings (SSSR count). The van der Waals surface area contributed by atoms with Gasteiger partial charge in [-0.3, -0.25) is 4.90 Å². The number of hydrogen-bond donors (Lipinski definition) is 1. The second kappa shape index (κ2) is 3.58. The first-order chi connectivity index (χ1) is 7.08. The Kier molecular flexibility index (Phi) is 2.40. The standard InChI is InChI=1S/C10H13N3O2/c1-6(2)13-4-7-3-11-9(10(14)15)12-8(7)5-13/h3,6H,4-5H2,1-2H3,(H,14,15). The van der Waals surface area contributed by atoms with Crippen molar-refractivity contribution in [3.63, 3.8) is 0 Å². The predicted octanol–water partition coefficient (Wildman–Crippen LogP) is 0.899. The van der Waals surface area contributed by atoms with E-state index in [4.69, 9.17) is 5.11 Å². The summed E-state index contributed by atoms with van der Waals surface area (Å²) in [5, 5.41) is 8.75. The molecule has 0 radical (unpaired) electrons. The minimum atomic E-state index is -1.07. The fourth-order valence-electron chi connectivity index (χ4n) is 1.65. The zero-order valence-electron chi connectivity index (χ0n) is 8.77. The van der Waals surface area contributed by atoms with E-state index in [1.54, 1.807) is 6.20 Å². The van der Waals surface area contributed by atoms with Crippen molar-refractivity contribution in [2.75, 3.05) is 0 Å². The van der Waals surface area contributed by atoms with E-state index >= 15 is 0 Å². The van der Waals surface area contributed by atoms with Crippen LogP contribution < -0.4 is 0 Å². The topological polar surface area (TPSA) is 66.3 Å². The summed E-state index contributed by atoms with van der Waals surface area (Å²) < 4.78 is 0. The Bertz CT molecular complexity index is 404. The normalized spacial score (nSPS) is 15.7. The lowest BCUT2D eigenvalue weighted by Crippen LogP contribution is -2.24. The van der Waals surface area contributed by atoms with E-state index in [0.29, 0.717) is 6.04 Å². The average molecular weight is 207 g/mol. The van der Waals surface area contributed by atoms with E-state index < -0.39 is 5.97 Å². The van der Waals surface area contributed by atoms with Gasteiger partial charge in [-0.15, -0.1) is 0 Å². The number of carboxylic acid groups (broad SMARTS) is 1. The molecule has 0 atom stereocenters. The van der Waals surface area contributed by atoms with Gasteiger partial charge in [-0.25, -0.2) is 14.8 Å². The molecular weight excluding hydrogens is 194 g/mol. The van der Waals surface area contributed by atoms with Gasteiger partial charge in [0.1, 0.15) is 0 Å². The molecular formula is C10H13N3O2. The van der Waals surface area contributed by atoms with Crippen molar-refractivity contribution in [3.05, 3.63) is 23.3 Å². The van der Waals surface area contributed by atoms with Gasteiger partial charge in [0.25, 0.3) is 0 Å². The highest BCUT2D eigenvalue weighted by Crippen LogP contribution is 2.21. The van der Waals surface area contributed by atoms with Crippen LogP contribution >= 0.6 is 0 Å². The van der Waals surface area contributed by atoms with Crippen LogP contribution in [0.1, 0.15) is 35.7 Å². The first-order valence-corrected chi connectivity index (χ1v) is 4.90. The highest BCUT2D eigenvalue weighted by atomic mass is 16.4. The molecule has 0 aliphatic carbocycles. The van der Waals surface area contributed by atoms with Crippen LogP contribution in [0.25, 0.3) is 0 Å². The number of carbonyl (C=O) groups is 1. The number of aromatic carboxylic acids is 1. The molecule has 80 valence electrons. The van der Waals surface area contributed by atoms with E-state index in [-0.39, 0.29) is 5.82 Å². The lowest BCUT2D eigenvalue weighted by Gasteiger charge is -2.18. The molecule has 2 heterocycles. The van der Waals surface area contributed by atoms with Crippen molar-refractivity contribution >= 4 is 5.97 Å². The Morgan fingerprint density at radius 1 is 1.53 bits per heavy atom. The van der Waals surface area contributed by atoms with E-state index in [9.17, 15) is 4.79 Å². The summed E-state index contributed by atoms with van der Waals surface area (Å²) in [5.41, 5.74) is 1.88. The fourth-order valence-corrected chi connectivity index (χ4v) is 1.65. The van der Waals surface area contributed by atoms with Gasteiger partial charge in [-0.05, 0) is 13.8 Å². The third kappa shape index (κ3) is 1.83. The summed E-state index contributed by atoms with van der Waals surface area (Å²) >= 11 is 0. The second-order valence-electron chi connectivity index (χ2n) is 3.97. The summed E-state index contributed by atoms with van der Waals surface area (Å²) in [6.45, 7) is 5.75. The van der Waals surface area contributed by atoms with Gasteiger partial charge in [0.05, 0.1) is 5.69 Å². The fraction of sp³-hybridized carbons (Fsp3) is 0.500. The summed E-state index contributed by atoms with van der Waals surface area (Å²) in [6.07, 6.45) is 1.62. The maximum atomic E-state index is 10.7. The average Bonchev–Trinajstić information content (AvgIpc) is 2.59. The Morgan fingerprint density at radius 2 is 2.27 bits per heavy atom. The van der Waals surface area contributed by atoms with Crippen molar-refractivity contribution in [1.29, 1.82) is 0 Å². The van der Waals surface area contributed by atoms with Crippen LogP contribution in [0.4, 0.5) is 0 Å². The third-order valence-corrected chi connectivity index (χ3v) is 2.60. The van der Waals surface area contributed by atoms with Crippen LogP contribution in [0.2, 0.25) is 0 Å². The molecule has 0 bridgehead atoms. The van der Waals surface area contributed by atoms with E-state index in [0.717, 1.165) is 24.3 Å². The van der Waals surface area contributed by atoms with Crippen LogP contribution in [0.3, 0.4) is 0 Å². The van der Waals surface area contributed by atoms with E-state index in [1.165, 1.54) is 0 Å². The minimum Gasteiger partial charge on any atom is -0.475 e. The molecule has 1 aliphatic rings. The molecule has 0 aromatic carbocycles. The number of fused-ring (bicyclic) bond motifs is 1. The SMILES string of the molecule is CC(C)N1Cc2cnc(C(=O)O)nc2C1. The molecule has 0 unspecified atom stereocenters. The monoisotopic (exact) mass is 207 g/mol. The molecule has 1 N–H and O–H groups in total. The maximum absolute atomic E-state index is 10.7. The van der Waals surface area contributed by atoms with Crippen LogP contribution in [0, 0.1) is 0 Å². The number of rotatable bonds is 2. The number of carboxylic acids is 1. The van der Waals surface area contributed by atoms with Gasteiger partial charge in [0.15, 0.2) is 0 Å². The highest BCUT2D eigenvalue weighted by Gasteiger charge is 2.23. The molecule has 0 amide bonds. The van der Waals surface area contributed by atoms with Gasteiger partial charge in [0.2, 0.25) is 5.82 Å². The smallest absolute Gasteiger partial charge is 0.373 e.